The van der Waals surface area contributed by atoms with Crippen LogP contribution in [-0.4, -0.2) is 16.5 Å². The normalized spacial score (nSPS) is 28.1. The Bertz CT molecular complexity index is 441. The van der Waals surface area contributed by atoms with Crippen LogP contribution >= 0.6 is 15.9 Å². The highest BCUT2D eigenvalue weighted by molar-refractivity contribution is 9.10. The van der Waals surface area contributed by atoms with Crippen LogP contribution in [0, 0.1) is 11.8 Å². The maximum Gasteiger partial charge on any atom is 0.268 e. The molecule has 1 saturated carbocycles. The third-order valence-electron chi connectivity index (χ3n) is 4.14. The summed E-state index contributed by atoms with van der Waals surface area (Å²) in [7, 11) is 1.89. The Hall–Kier alpha value is -0.770. The fourth-order valence-electron chi connectivity index (χ4n) is 2.69. The molecule has 1 fully saturated rings. The Morgan fingerprint density at radius 3 is 2.67 bits per heavy atom. The molecule has 18 heavy (non-hydrogen) atoms. The lowest BCUT2D eigenvalue weighted by Crippen LogP contribution is -2.40. The summed E-state index contributed by atoms with van der Waals surface area (Å²) in [6.07, 6.45) is 5.31. The molecule has 0 bridgehead atoms. The van der Waals surface area contributed by atoms with Crippen LogP contribution in [0.15, 0.2) is 16.7 Å². The molecule has 4 heteroatoms. The Balaban J connectivity index is 1.98. The Morgan fingerprint density at radius 1 is 1.39 bits per heavy atom. The lowest BCUT2D eigenvalue weighted by molar-refractivity contribution is 0.0902. The zero-order valence-corrected chi connectivity index (χ0v) is 12.8. The number of carbonyl (C=O) groups excluding carboxylic acids is 1. The second-order valence-corrected chi connectivity index (χ2v) is 6.51. The molecule has 2 rings (SSSR count). The van der Waals surface area contributed by atoms with Crippen molar-refractivity contribution in [1.29, 1.82) is 0 Å². The molecule has 3 nitrogen and oxygen atoms in total. The summed E-state index contributed by atoms with van der Waals surface area (Å²) in [4.78, 5) is 12.2. The van der Waals surface area contributed by atoms with Crippen molar-refractivity contribution in [3.63, 3.8) is 0 Å². The van der Waals surface area contributed by atoms with E-state index in [4.69, 9.17) is 0 Å². The average molecular weight is 313 g/mol. The van der Waals surface area contributed by atoms with Crippen molar-refractivity contribution >= 4 is 21.8 Å². The molecule has 1 N–H and O–H groups in total. The predicted octanol–water partition coefficient (Wildman–Crippen LogP) is 3.34. The Labute approximate surface area is 117 Å². The first-order valence-electron chi connectivity index (χ1n) is 6.60. The third-order valence-corrected chi connectivity index (χ3v) is 4.57. The number of rotatable bonds is 2. The molecule has 0 radical (unpaired) electrons. The largest absolute Gasteiger partial charge is 0.348 e. The van der Waals surface area contributed by atoms with E-state index in [9.17, 15) is 4.79 Å². The van der Waals surface area contributed by atoms with Crippen molar-refractivity contribution in [3.8, 4) is 0 Å². The minimum Gasteiger partial charge on any atom is -0.348 e. The molecule has 1 aliphatic carbocycles. The molecule has 1 aliphatic rings. The number of nitrogens with one attached hydrogen (secondary N) is 1. The number of carbonyl (C=O) groups is 1. The van der Waals surface area contributed by atoms with Gasteiger partial charge in [0.25, 0.3) is 5.91 Å². The number of hydrogen-bond donors (Lipinski definition) is 1. The van der Waals surface area contributed by atoms with Crippen molar-refractivity contribution in [3.05, 3.63) is 22.4 Å². The minimum atomic E-state index is 0.0370. The Morgan fingerprint density at radius 2 is 2.11 bits per heavy atom. The first-order valence-corrected chi connectivity index (χ1v) is 7.39. The van der Waals surface area contributed by atoms with Crippen molar-refractivity contribution < 1.29 is 4.79 Å². The SMILES string of the molecule is CC1CCC(NC(=O)c2cc(Br)cn2C)CC1C. The van der Waals surface area contributed by atoms with Crippen LogP contribution in [0.3, 0.4) is 0 Å². The zero-order valence-electron chi connectivity index (χ0n) is 11.2. The van der Waals surface area contributed by atoms with Crippen LogP contribution in [0.4, 0.5) is 0 Å². The fraction of sp³-hybridized carbons (Fsp3) is 0.643. The molecule has 3 unspecified atom stereocenters. The molecule has 1 amide bonds. The number of hydrogen-bond acceptors (Lipinski definition) is 1. The van der Waals surface area contributed by atoms with Gasteiger partial charge in [0.05, 0.1) is 0 Å². The highest BCUT2D eigenvalue weighted by atomic mass is 79.9. The van der Waals surface area contributed by atoms with Crippen LogP contribution < -0.4 is 5.32 Å². The van der Waals surface area contributed by atoms with Crippen molar-refractivity contribution in [2.75, 3.05) is 0 Å². The maximum atomic E-state index is 12.2. The summed E-state index contributed by atoms with van der Waals surface area (Å²) in [6.45, 7) is 4.58. The van der Waals surface area contributed by atoms with Crippen molar-refractivity contribution in [2.45, 2.75) is 39.2 Å². The van der Waals surface area contributed by atoms with Gasteiger partial charge in [-0.25, -0.2) is 0 Å². The summed E-state index contributed by atoms with van der Waals surface area (Å²) >= 11 is 3.39. The molecule has 0 aromatic carbocycles. The lowest BCUT2D eigenvalue weighted by atomic mass is 9.79. The van der Waals surface area contributed by atoms with Gasteiger partial charge in [-0.05, 0) is 53.1 Å². The third kappa shape index (κ3) is 2.97. The lowest BCUT2D eigenvalue weighted by Gasteiger charge is -2.32. The summed E-state index contributed by atoms with van der Waals surface area (Å²) in [5.74, 6) is 1.52. The van der Waals surface area contributed by atoms with Crippen molar-refractivity contribution in [1.82, 2.24) is 9.88 Å². The van der Waals surface area contributed by atoms with E-state index >= 15 is 0 Å². The van der Waals surface area contributed by atoms with Gasteiger partial charge in [0.1, 0.15) is 5.69 Å². The van der Waals surface area contributed by atoms with Crippen LogP contribution in [0.1, 0.15) is 43.6 Å². The minimum absolute atomic E-state index is 0.0370. The molecule has 3 atom stereocenters. The molecule has 1 aromatic heterocycles. The Kier molecular flexibility index (Phi) is 4.15. The van der Waals surface area contributed by atoms with E-state index in [2.05, 4.69) is 35.1 Å². The number of aryl methyl sites for hydroxylation is 1. The molecule has 0 aliphatic heterocycles. The van der Waals surface area contributed by atoms with Gasteiger partial charge in [-0.1, -0.05) is 13.8 Å². The average Bonchev–Trinajstić information content (AvgIpc) is 2.63. The van der Waals surface area contributed by atoms with Crippen LogP contribution in [0.25, 0.3) is 0 Å². The van der Waals surface area contributed by atoms with E-state index in [0.29, 0.717) is 17.7 Å². The number of amides is 1. The molecular formula is C14H21BrN2O. The molecule has 100 valence electrons. The highest BCUT2D eigenvalue weighted by Crippen LogP contribution is 2.29. The van der Waals surface area contributed by atoms with Gasteiger partial charge < -0.3 is 9.88 Å². The van der Waals surface area contributed by atoms with E-state index < -0.39 is 0 Å². The molecular weight excluding hydrogens is 292 g/mol. The molecule has 0 spiro atoms. The van der Waals surface area contributed by atoms with Gasteiger partial charge in [0.15, 0.2) is 0 Å². The van der Waals surface area contributed by atoms with Gasteiger partial charge in [-0.3, -0.25) is 4.79 Å². The summed E-state index contributed by atoms with van der Waals surface area (Å²) in [6, 6.07) is 2.20. The molecule has 0 saturated heterocycles. The quantitative estimate of drug-likeness (QED) is 0.893. The van der Waals surface area contributed by atoms with Crippen LogP contribution in [-0.2, 0) is 7.05 Å². The maximum absolute atomic E-state index is 12.2. The van der Waals surface area contributed by atoms with Gasteiger partial charge in [-0.2, -0.15) is 0 Å². The second-order valence-electron chi connectivity index (χ2n) is 5.59. The standard InChI is InChI=1S/C14H21BrN2O/c1-9-4-5-12(6-10(9)2)16-14(18)13-7-11(15)8-17(13)3/h7-10,12H,4-6H2,1-3H3,(H,16,18). The summed E-state index contributed by atoms with van der Waals surface area (Å²) in [5, 5.41) is 3.16. The molecule has 1 heterocycles. The first kappa shape index (κ1) is 13.7. The van der Waals surface area contributed by atoms with E-state index in [1.165, 1.54) is 6.42 Å². The van der Waals surface area contributed by atoms with Crippen LogP contribution in [0.2, 0.25) is 0 Å². The van der Waals surface area contributed by atoms with Gasteiger partial charge in [-0.15, -0.1) is 0 Å². The number of halogens is 1. The first-order chi connectivity index (χ1) is 8.47. The van der Waals surface area contributed by atoms with Crippen LogP contribution in [0.5, 0.6) is 0 Å². The summed E-state index contributed by atoms with van der Waals surface area (Å²) < 4.78 is 2.80. The van der Waals surface area contributed by atoms with Crippen molar-refractivity contribution in [2.24, 2.45) is 18.9 Å². The zero-order chi connectivity index (χ0) is 13.3. The van der Waals surface area contributed by atoms with E-state index in [1.807, 2.05) is 23.9 Å². The smallest absolute Gasteiger partial charge is 0.268 e. The number of aromatic nitrogens is 1. The monoisotopic (exact) mass is 312 g/mol. The highest BCUT2D eigenvalue weighted by Gasteiger charge is 2.26. The van der Waals surface area contributed by atoms with Gasteiger partial charge >= 0.3 is 0 Å². The van der Waals surface area contributed by atoms with E-state index in [0.717, 1.165) is 23.2 Å². The topological polar surface area (TPSA) is 34.0 Å². The van der Waals surface area contributed by atoms with E-state index in [1.54, 1.807) is 0 Å². The van der Waals surface area contributed by atoms with Gasteiger partial charge in [0, 0.05) is 23.8 Å². The number of nitrogens with zero attached hydrogens (tertiary/aromatic N) is 1. The predicted molar refractivity (Wildman–Crippen MR) is 76.5 cm³/mol. The fourth-order valence-corrected chi connectivity index (χ4v) is 3.21. The second kappa shape index (κ2) is 5.47. The molecule has 1 aromatic rings. The van der Waals surface area contributed by atoms with E-state index in [-0.39, 0.29) is 5.91 Å². The summed E-state index contributed by atoms with van der Waals surface area (Å²) in [5.41, 5.74) is 0.716. The van der Waals surface area contributed by atoms with Gasteiger partial charge in [0.2, 0.25) is 0 Å².